The molecule has 0 aliphatic heterocycles. The van der Waals surface area contributed by atoms with Gasteiger partial charge in [0.05, 0.1) is 19.9 Å². The highest BCUT2D eigenvalue weighted by atomic mass is 79.9. The fourth-order valence-electron chi connectivity index (χ4n) is 1.89. The topological polar surface area (TPSA) is 50.5 Å². The predicted octanol–water partition coefficient (Wildman–Crippen LogP) is 2.36. The van der Waals surface area contributed by atoms with Crippen LogP contribution in [0.5, 0.6) is 5.75 Å². The van der Waals surface area contributed by atoms with Gasteiger partial charge < -0.3 is 14.7 Å². The van der Waals surface area contributed by atoms with Gasteiger partial charge in [-0.15, -0.1) is 11.3 Å². The Morgan fingerprint density at radius 3 is 2.85 bits per heavy atom. The summed E-state index contributed by atoms with van der Waals surface area (Å²) in [5.74, 6) is 0.612. The maximum atomic E-state index is 10.6. The third-order valence-electron chi connectivity index (χ3n) is 2.94. The van der Waals surface area contributed by atoms with Crippen LogP contribution >= 0.6 is 27.3 Å². The van der Waals surface area contributed by atoms with Gasteiger partial charge in [-0.1, -0.05) is 0 Å². The maximum Gasteiger partial charge on any atom is 0.163 e. The molecule has 7 heteroatoms. The third kappa shape index (κ3) is 3.41. The number of aromatic nitrogens is 2. The molecule has 0 spiro atoms. The van der Waals surface area contributed by atoms with E-state index in [2.05, 4.69) is 25.9 Å². The minimum Gasteiger partial charge on any atom is -0.493 e. The molecule has 2 rings (SSSR count). The summed E-state index contributed by atoms with van der Waals surface area (Å²) in [6.45, 7) is 1.55. The summed E-state index contributed by atoms with van der Waals surface area (Å²) in [7, 11) is 5.61. The second-order valence-corrected chi connectivity index (χ2v) is 6.55. The minimum atomic E-state index is -0.731. The quantitative estimate of drug-likeness (QED) is 0.859. The first kappa shape index (κ1) is 15.5. The molecule has 0 saturated carbocycles. The summed E-state index contributed by atoms with van der Waals surface area (Å²) >= 11 is 4.91. The smallest absolute Gasteiger partial charge is 0.163 e. The van der Waals surface area contributed by atoms with E-state index >= 15 is 0 Å². The lowest BCUT2D eigenvalue weighted by atomic mass is 10.2. The summed E-state index contributed by atoms with van der Waals surface area (Å²) in [4.78, 5) is 2.94. The normalized spacial score (nSPS) is 12.9. The van der Waals surface area contributed by atoms with E-state index in [0.29, 0.717) is 18.0 Å². The van der Waals surface area contributed by atoms with Gasteiger partial charge in [-0.05, 0) is 36.1 Å². The highest BCUT2D eigenvalue weighted by Gasteiger charge is 2.22. The number of halogens is 1. The largest absolute Gasteiger partial charge is 0.493 e. The summed E-state index contributed by atoms with van der Waals surface area (Å²) in [6.07, 6.45) is 0.919. The number of thiophene rings is 1. The van der Waals surface area contributed by atoms with Crippen LogP contribution in [0.2, 0.25) is 0 Å². The lowest BCUT2D eigenvalue weighted by Crippen LogP contribution is -2.21. The first-order valence-corrected chi connectivity index (χ1v) is 7.86. The molecule has 2 aromatic heterocycles. The Bertz CT molecular complexity index is 568. The van der Waals surface area contributed by atoms with Crippen molar-refractivity contribution in [1.29, 1.82) is 0 Å². The van der Waals surface area contributed by atoms with Gasteiger partial charge in [-0.3, -0.25) is 4.68 Å². The number of aliphatic hydroxyl groups excluding tert-OH is 1. The Kier molecular flexibility index (Phi) is 5.20. The number of aliphatic hydroxyl groups is 1. The highest BCUT2D eigenvalue weighted by molar-refractivity contribution is 9.10. The van der Waals surface area contributed by atoms with Crippen LogP contribution in [-0.2, 0) is 6.54 Å². The van der Waals surface area contributed by atoms with Gasteiger partial charge in [-0.25, -0.2) is 0 Å². The molecule has 1 atom stereocenters. The lowest BCUT2D eigenvalue weighted by Gasteiger charge is -2.15. The van der Waals surface area contributed by atoms with Crippen LogP contribution in [0.4, 0.5) is 0 Å². The number of hydrogen-bond acceptors (Lipinski definition) is 5. The van der Waals surface area contributed by atoms with E-state index in [1.807, 2.05) is 25.5 Å². The molecule has 0 fully saturated rings. The standard InChI is InChI=1S/C13H18BrN3O2S/c1-16(2)4-5-17-12(10(19-3)7-15-17)13(18)11-6-9(14)8-20-11/h6-8,13,18H,4-5H2,1-3H3. The zero-order valence-electron chi connectivity index (χ0n) is 11.7. The Labute approximate surface area is 130 Å². The van der Waals surface area contributed by atoms with Crippen molar-refractivity contribution in [1.82, 2.24) is 14.7 Å². The summed E-state index contributed by atoms with van der Waals surface area (Å²) in [5, 5.41) is 16.8. The number of nitrogens with zero attached hydrogens (tertiary/aromatic N) is 3. The first-order valence-electron chi connectivity index (χ1n) is 6.19. The van der Waals surface area contributed by atoms with Gasteiger partial charge in [0, 0.05) is 21.3 Å². The molecule has 0 aliphatic rings. The van der Waals surface area contributed by atoms with E-state index in [1.165, 1.54) is 11.3 Å². The molecule has 1 N–H and O–H groups in total. The molecule has 1 unspecified atom stereocenters. The molecule has 0 radical (unpaired) electrons. The van der Waals surface area contributed by atoms with Crippen molar-refractivity contribution >= 4 is 27.3 Å². The third-order valence-corrected chi connectivity index (χ3v) is 4.69. The van der Waals surface area contributed by atoms with Crippen molar-refractivity contribution in [2.45, 2.75) is 12.6 Å². The van der Waals surface area contributed by atoms with Gasteiger partial charge in [0.2, 0.25) is 0 Å². The fourth-order valence-corrected chi connectivity index (χ4v) is 3.32. The molecule has 0 saturated heterocycles. The van der Waals surface area contributed by atoms with Gasteiger partial charge >= 0.3 is 0 Å². The average Bonchev–Trinajstić information content (AvgIpc) is 3.01. The van der Waals surface area contributed by atoms with Crippen molar-refractivity contribution in [3.63, 3.8) is 0 Å². The van der Waals surface area contributed by atoms with Crippen LogP contribution in [0.25, 0.3) is 0 Å². The van der Waals surface area contributed by atoms with E-state index in [9.17, 15) is 5.11 Å². The van der Waals surface area contributed by atoms with Crippen LogP contribution in [0, 0.1) is 0 Å². The van der Waals surface area contributed by atoms with Crippen molar-refractivity contribution < 1.29 is 9.84 Å². The van der Waals surface area contributed by atoms with E-state index < -0.39 is 6.10 Å². The van der Waals surface area contributed by atoms with E-state index in [-0.39, 0.29) is 0 Å². The molecule has 5 nitrogen and oxygen atoms in total. The summed E-state index contributed by atoms with van der Waals surface area (Å²) in [5.41, 5.74) is 0.698. The number of hydrogen-bond donors (Lipinski definition) is 1. The second kappa shape index (κ2) is 6.71. The van der Waals surface area contributed by atoms with Crippen LogP contribution in [0.3, 0.4) is 0 Å². The van der Waals surface area contributed by atoms with Crippen LogP contribution in [0.1, 0.15) is 16.7 Å². The van der Waals surface area contributed by atoms with Crippen molar-refractivity contribution in [2.75, 3.05) is 27.7 Å². The van der Waals surface area contributed by atoms with Crippen LogP contribution < -0.4 is 4.74 Å². The molecular formula is C13H18BrN3O2S. The maximum absolute atomic E-state index is 10.6. The van der Waals surface area contributed by atoms with E-state index in [1.54, 1.807) is 18.0 Å². The van der Waals surface area contributed by atoms with Gasteiger partial charge in [0.1, 0.15) is 11.8 Å². The number of rotatable bonds is 6. The predicted molar refractivity (Wildman–Crippen MR) is 83.4 cm³/mol. The van der Waals surface area contributed by atoms with Gasteiger partial charge in [-0.2, -0.15) is 5.10 Å². The van der Waals surface area contributed by atoms with Crippen LogP contribution in [-0.4, -0.2) is 47.5 Å². The van der Waals surface area contributed by atoms with Crippen molar-refractivity contribution in [2.24, 2.45) is 0 Å². The van der Waals surface area contributed by atoms with Gasteiger partial charge in [0.15, 0.2) is 5.75 Å². The SMILES string of the molecule is COc1cnn(CCN(C)C)c1C(O)c1cc(Br)cs1. The lowest BCUT2D eigenvalue weighted by molar-refractivity contribution is 0.203. The Morgan fingerprint density at radius 2 is 2.30 bits per heavy atom. The van der Waals surface area contributed by atoms with Crippen molar-refractivity contribution in [3.05, 3.63) is 32.7 Å². The molecule has 0 aromatic carbocycles. The summed E-state index contributed by atoms with van der Waals surface area (Å²) < 4.78 is 8.09. The highest BCUT2D eigenvalue weighted by Crippen LogP contribution is 2.34. The van der Waals surface area contributed by atoms with Gasteiger partial charge in [0.25, 0.3) is 0 Å². The fraction of sp³-hybridized carbons (Fsp3) is 0.462. The Hall–Kier alpha value is -0.890. The molecule has 0 bridgehead atoms. The van der Waals surface area contributed by atoms with E-state index in [4.69, 9.17) is 4.74 Å². The molecule has 0 amide bonds. The number of ether oxygens (including phenoxy) is 1. The molecule has 0 aliphatic carbocycles. The van der Waals surface area contributed by atoms with Crippen LogP contribution in [0.15, 0.2) is 22.1 Å². The Balaban J connectivity index is 2.30. The van der Waals surface area contributed by atoms with E-state index in [0.717, 1.165) is 15.9 Å². The second-order valence-electron chi connectivity index (χ2n) is 4.69. The first-order chi connectivity index (χ1) is 9.52. The zero-order valence-corrected chi connectivity index (χ0v) is 14.1. The zero-order chi connectivity index (χ0) is 14.7. The monoisotopic (exact) mass is 359 g/mol. The number of likely N-dealkylation sites (N-methyl/N-ethyl adjacent to an activating group) is 1. The molecule has 2 heterocycles. The van der Waals surface area contributed by atoms with Crippen molar-refractivity contribution in [3.8, 4) is 5.75 Å². The Morgan fingerprint density at radius 1 is 1.55 bits per heavy atom. The molecular weight excluding hydrogens is 342 g/mol. The number of methoxy groups -OCH3 is 1. The molecule has 110 valence electrons. The summed E-state index contributed by atoms with van der Waals surface area (Å²) in [6, 6.07) is 1.91. The minimum absolute atomic E-state index is 0.612. The molecule has 2 aromatic rings. The molecule has 20 heavy (non-hydrogen) atoms. The average molecular weight is 360 g/mol.